The van der Waals surface area contributed by atoms with E-state index in [1.807, 2.05) is 11.3 Å². The van der Waals surface area contributed by atoms with Crippen molar-refractivity contribution in [3.8, 4) is 5.00 Å². The minimum atomic E-state index is 0.665. The van der Waals surface area contributed by atoms with Crippen LogP contribution in [0.4, 0.5) is 0 Å². The molecule has 1 aliphatic carbocycles. The molecule has 2 aromatic rings. The SMILES string of the molecule is Cc1ccc(C)n1-c1sc2c(c1CN)CCCC2. The average molecular weight is 260 g/mol. The number of nitrogens with zero attached hydrogens (tertiary/aromatic N) is 1. The lowest BCUT2D eigenvalue weighted by Crippen LogP contribution is -2.07. The number of rotatable bonds is 2. The van der Waals surface area contributed by atoms with E-state index < -0.39 is 0 Å². The van der Waals surface area contributed by atoms with E-state index in [9.17, 15) is 0 Å². The van der Waals surface area contributed by atoms with Gasteiger partial charge in [0.05, 0.1) is 0 Å². The van der Waals surface area contributed by atoms with E-state index in [4.69, 9.17) is 5.73 Å². The normalized spacial score (nSPS) is 14.8. The van der Waals surface area contributed by atoms with E-state index in [1.165, 1.54) is 47.6 Å². The van der Waals surface area contributed by atoms with E-state index in [0.717, 1.165) is 0 Å². The van der Waals surface area contributed by atoms with Crippen molar-refractivity contribution in [2.24, 2.45) is 5.73 Å². The summed E-state index contributed by atoms with van der Waals surface area (Å²) in [6.07, 6.45) is 5.12. The van der Waals surface area contributed by atoms with Gasteiger partial charge in [0, 0.05) is 28.4 Å². The fourth-order valence-corrected chi connectivity index (χ4v) is 4.53. The van der Waals surface area contributed by atoms with Gasteiger partial charge in [-0.2, -0.15) is 0 Å². The monoisotopic (exact) mass is 260 g/mol. The Labute approximate surface area is 112 Å². The molecule has 2 heterocycles. The predicted molar refractivity (Wildman–Crippen MR) is 77.7 cm³/mol. The summed E-state index contributed by atoms with van der Waals surface area (Å²) in [6, 6.07) is 4.38. The van der Waals surface area contributed by atoms with Gasteiger partial charge in [-0.25, -0.2) is 0 Å². The molecule has 1 aliphatic rings. The molecular formula is C15H20N2S. The first-order valence-electron chi connectivity index (χ1n) is 6.71. The number of nitrogens with two attached hydrogens (primary N) is 1. The summed E-state index contributed by atoms with van der Waals surface area (Å²) < 4.78 is 2.37. The van der Waals surface area contributed by atoms with Gasteiger partial charge in [-0.3, -0.25) is 0 Å². The number of aryl methyl sites for hydroxylation is 3. The van der Waals surface area contributed by atoms with E-state index in [-0.39, 0.29) is 0 Å². The fourth-order valence-electron chi connectivity index (χ4n) is 3.00. The maximum Gasteiger partial charge on any atom is 0.104 e. The molecule has 0 unspecified atom stereocenters. The van der Waals surface area contributed by atoms with Crippen molar-refractivity contribution in [1.29, 1.82) is 0 Å². The second-order valence-electron chi connectivity index (χ2n) is 5.15. The summed E-state index contributed by atoms with van der Waals surface area (Å²) in [5.74, 6) is 0. The van der Waals surface area contributed by atoms with Crippen LogP contribution in [0.1, 0.15) is 40.2 Å². The minimum absolute atomic E-state index is 0.665. The Hall–Kier alpha value is -1.06. The standard InChI is InChI=1S/C15H20N2S/c1-10-7-8-11(2)17(10)15-13(9-16)12-5-3-4-6-14(12)18-15/h7-8H,3-6,9,16H2,1-2H3. The van der Waals surface area contributed by atoms with Gasteiger partial charge in [0.2, 0.25) is 0 Å². The van der Waals surface area contributed by atoms with Crippen LogP contribution in [0.5, 0.6) is 0 Å². The van der Waals surface area contributed by atoms with Crippen molar-refractivity contribution < 1.29 is 0 Å². The molecule has 96 valence electrons. The maximum absolute atomic E-state index is 6.02. The molecule has 3 heteroatoms. The minimum Gasteiger partial charge on any atom is -0.326 e. The van der Waals surface area contributed by atoms with Crippen molar-refractivity contribution in [3.05, 3.63) is 39.5 Å². The molecule has 2 aromatic heterocycles. The Morgan fingerprint density at radius 1 is 1.17 bits per heavy atom. The Bertz CT molecular complexity index is 558. The van der Waals surface area contributed by atoms with Crippen LogP contribution < -0.4 is 5.73 Å². The van der Waals surface area contributed by atoms with Gasteiger partial charge < -0.3 is 10.3 Å². The Balaban J connectivity index is 2.20. The highest BCUT2D eigenvalue weighted by Crippen LogP contribution is 2.37. The molecule has 0 saturated carbocycles. The highest BCUT2D eigenvalue weighted by molar-refractivity contribution is 7.15. The Morgan fingerprint density at radius 3 is 2.50 bits per heavy atom. The molecule has 0 atom stereocenters. The third-order valence-corrected chi connectivity index (χ3v) is 5.26. The summed E-state index contributed by atoms with van der Waals surface area (Å²) in [4.78, 5) is 1.57. The van der Waals surface area contributed by atoms with Crippen LogP contribution in [0.25, 0.3) is 5.00 Å². The van der Waals surface area contributed by atoms with Crippen molar-refractivity contribution >= 4 is 11.3 Å². The number of thiophene rings is 1. The lowest BCUT2D eigenvalue weighted by Gasteiger charge is -2.12. The topological polar surface area (TPSA) is 30.9 Å². The number of aromatic nitrogens is 1. The van der Waals surface area contributed by atoms with Gasteiger partial charge >= 0.3 is 0 Å². The largest absolute Gasteiger partial charge is 0.326 e. The molecule has 0 fully saturated rings. The number of fused-ring (bicyclic) bond motifs is 1. The van der Waals surface area contributed by atoms with Crippen LogP contribution in [-0.2, 0) is 19.4 Å². The highest BCUT2D eigenvalue weighted by atomic mass is 32.1. The maximum atomic E-state index is 6.02. The molecule has 0 saturated heterocycles. The first-order chi connectivity index (χ1) is 8.72. The molecule has 0 bridgehead atoms. The smallest absolute Gasteiger partial charge is 0.104 e. The fraction of sp³-hybridized carbons (Fsp3) is 0.467. The summed E-state index contributed by atoms with van der Waals surface area (Å²) in [7, 11) is 0. The highest BCUT2D eigenvalue weighted by Gasteiger charge is 2.21. The molecule has 2 nitrogen and oxygen atoms in total. The lowest BCUT2D eigenvalue weighted by atomic mass is 9.95. The molecule has 18 heavy (non-hydrogen) atoms. The van der Waals surface area contributed by atoms with Gasteiger partial charge in [-0.15, -0.1) is 11.3 Å². The van der Waals surface area contributed by atoms with Crippen LogP contribution in [-0.4, -0.2) is 4.57 Å². The Morgan fingerprint density at radius 2 is 1.83 bits per heavy atom. The summed E-state index contributed by atoms with van der Waals surface area (Å²) in [5, 5.41) is 1.37. The first kappa shape index (κ1) is 12.0. The van der Waals surface area contributed by atoms with Crippen LogP contribution in [0.15, 0.2) is 12.1 Å². The van der Waals surface area contributed by atoms with Crippen LogP contribution in [0, 0.1) is 13.8 Å². The van der Waals surface area contributed by atoms with Crippen molar-refractivity contribution in [2.75, 3.05) is 0 Å². The van der Waals surface area contributed by atoms with Gasteiger partial charge in [0.1, 0.15) is 5.00 Å². The van der Waals surface area contributed by atoms with Gasteiger partial charge in [-0.1, -0.05) is 0 Å². The number of hydrogen-bond donors (Lipinski definition) is 1. The molecule has 3 rings (SSSR count). The second kappa shape index (κ2) is 4.56. The third-order valence-electron chi connectivity index (χ3n) is 3.94. The molecule has 0 radical (unpaired) electrons. The van der Waals surface area contributed by atoms with Gasteiger partial charge in [-0.05, 0) is 57.2 Å². The van der Waals surface area contributed by atoms with E-state index in [0.29, 0.717) is 6.54 Å². The summed E-state index contributed by atoms with van der Waals surface area (Å²) >= 11 is 1.96. The summed E-state index contributed by atoms with van der Waals surface area (Å²) in [6.45, 7) is 5.01. The van der Waals surface area contributed by atoms with Gasteiger partial charge in [0.15, 0.2) is 0 Å². The average Bonchev–Trinajstić information content (AvgIpc) is 2.89. The summed E-state index contributed by atoms with van der Waals surface area (Å²) in [5.41, 5.74) is 11.6. The lowest BCUT2D eigenvalue weighted by molar-refractivity contribution is 0.690. The van der Waals surface area contributed by atoms with Crippen LogP contribution in [0.3, 0.4) is 0 Å². The molecule has 0 aliphatic heterocycles. The van der Waals surface area contributed by atoms with Crippen molar-refractivity contribution in [3.63, 3.8) is 0 Å². The molecule has 0 spiro atoms. The molecule has 0 aromatic carbocycles. The van der Waals surface area contributed by atoms with Crippen molar-refractivity contribution in [2.45, 2.75) is 46.1 Å². The second-order valence-corrected chi connectivity index (χ2v) is 6.23. The third kappa shape index (κ3) is 1.73. The molecule has 2 N–H and O–H groups in total. The zero-order chi connectivity index (χ0) is 12.7. The van der Waals surface area contributed by atoms with E-state index >= 15 is 0 Å². The van der Waals surface area contributed by atoms with Crippen LogP contribution in [0.2, 0.25) is 0 Å². The van der Waals surface area contributed by atoms with Crippen LogP contribution >= 0.6 is 11.3 Å². The van der Waals surface area contributed by atoms with Gasteiger partial charge in [0.25, 0.3) is 0 Å². The van der Waals surface area contributed by atoms with Crippen molar-refractivity contribution in [1.82, 2.24) is 4.57 Å². The van der Waals surface area contributed by atoms with E-state index in [2.05, 4.69) is 30.5 Å². The first-order valence-corrected chi connectivity index (χ1v) is 7.53. The number of hydrogen-bond acceptors (Lipinski definition) is 2. The predicted octanol–water partition coefficient (Wildman–Crippen LogP) is 3.49. The zero-order valence-corrected chi connectivity index (χ0v) is 11.9. The molecular weight excluding hydrogens is 240 g/mol. The zero-order valence-electron chi connectivity index (χ0n) is 11.1. The van der Waals surface area contributed by atoms with E-state index in [1.54, 1.807) is 10.4 Å². The Kier molecular flexibility index (Phi) is 3.04. The molecule has 0 amide bonds. The quantitative estimate of drug-likeness (QED) is 0.880.